The second kappa shape index (κ2) is 5.73. The van der Waals surface area contributed by atoms with Crippen LogP contribution in [0.1, 0.15) is 43.0 Å². The fraction of sp³-hybridized carbons (Fsp3) is 0.350. The molecular weight excluding hydrogens is 284 g/mol. The summed E-state index contributed by atoms with van der Waals surface area (Å²) in [5.74, 6) is 0.698. The number of hydrogen-bond acceptors (Lipinski definition) is 2. The van der Waals surface area contributed by atoms with Gasteiger partial charge in [0.15, 0.2) is 0 Å². The van der Waals surface area contributed by atoms with E-state index in [4.69, 9.17) is 0 Å². The van der Waals surface area contributed by atoms with E-state index in [1.54, 1.807) is 0 Å². The van der Waals surface area contributed by atoms with Gasteiger partial charge in [-0.2, -0.15) is 0 Å². The fourth-order valence-electron chi connectivity index (χ4n) is 4.20. The summed E-state index contributed by atoms with van der Waals surface area (Å²) in [5, 5.41) is 3.72. The quantitative estimate of drug-likeness (QED) is 0.904. The number of nitrogens with one attached hydrogen (secondary N) is 1. The lowest BCUT2D eigenvalue weighted by Gasteiger charge is -2.40. The molecule has 3 heteroatoms. The van der Waals surface area contributed by atoms with Gasteiger partial charge >= 0.3 is 0 Å². The van der Waals surface area contributed by atoms with Crippen molar-refractivity contribution in [1.82, 2.24) is 4.90 Å². The zero-order valence-corrected chi connectivity index (χ0v) is 13.4. The molecule has 4 rings (SSSR count). The molecule has 1 fully saturated rings. The van der Waals surface area contributed by atoms with Crippen molar-refractivity contribution >= 4 is 11.6 Å². The summed E-state index contributed by atoms with van der Waals surface area (Å²) in [4.78, 5) is 14.5. The Kier molecular flexibility index (Phi) is 3.56. The first-order valence-electron chi connectivity index (χ1n) is 8.49. The minimum atomic E-state index is 0.199. The van der Waals surface area contributed by atoms with Crippen LogP contribution < -0.4 is 5.32 Å². The maximum absolute atomic E-state index is 12.4. The van der Waals surface area contributed by atoms with Crippen LogP contribution in [-0.2, 0) is 4.79 Å². The predicted octanol–water partition coefficient (Wildman–Crippen LogP) is 4.15. The lowest BCUT2D eigenvalue weighted by molar-refractivity contribution is -0.132. The van der Waals surface area contributed by atoms with Crippen molar-refractivity contribution < 1.29 is 4.79 Å². The van der Waals surface area contributed by atoms with Gasteiger partial charge in [-0.1, -0.05) is 55.5 Å². The number of rotatable bonds is 2. The Morgan fingerprint density at radius 1 is 1.13 bits per heavy atom. The molecule has 1 N–H and O–H groups in total. The van der Waals surface area contributed by atoms with Gasteiger partial charge < -0.3 is 10.2 Å². The smallest absolute Gasteiger partial charge is 0.222 e. The molecule has 118 valence electrons. The predicted molar refractivity (Wildman–Crippen MR) is 92.1 cm³/mol. The van der Waals surface area contributed by atoms with Gasteiger partial charge in [-0.15, -0.1) is 0 Å². The second-order valence-electron chi connectivity index (χ2n) is 6.46. The van der Waals surface area contributed by atoms with E-state index in [1.165, 1.54) is 16.8 Å². The molecule has 0 saturated carbocycles. The molecule has 0 aromatic heterocycles. The van der Waals surface area contributed by atoms with Crippen molar-refractivity contribution in [2.45, 2.75) is 31.8 Å². The van der Waals surface area contributed by atoms with Crippen LogP contribution in [-0.4, -0.2) is 17.4 Å². The highest BCUT2D eigenvalue weighted by Gasteiger charge is 2.45. The van der Waals surface area contributed by atoms with E-state index >= 15 is 0 Å². The first-order chi connectivity index (χ1) is 11.3. The summed E-state index contributed by atoms with van der Waals surface area (Å²) >= 11 is 0. The van der Waals surface area contributed by atoms with Gasteiger partial charge in [-0.05, 0) is 23.6 Å². The average molecular weight is 306 g/mol. The molecule has 2 aliphatic heterocycles. The lowest BCUT2D eigenvalue weighted by atomic mass is 9.80. The van der Waals surface area contributed by atoms with Crippen LogP contribution >= 0.6 is 0 Å². The van der Waals surface area contributed by atoms with Gasteiger partial charge in [0.1, 0.15) is 0 Å². The highest BCUT2D eigenvalue weighted by atomic mass is 16.2. The van der Waals surface area contributed by atoms with Crippen molar-refractivity contribution in [3.63, 3.8) is 0 Å². The number of fused-ring (bicyclic) bond motifs is 3. The summed E-state index contributed by atoms with van der Waals surface area (Å²) < 4.78 is 0. The van der Waals surface area contributed by atoms with Gasteiger partial charge in [0.25, 0.3) is 0 Å². The largest absolute Gasteiger partial charge is 0.378 e. The molecule has 0 spiro atoms. The molecule has 0 bridgehead atoms. The Morgan fingerprint density at radius 3 is 2.65 bits per heavy atom. The van der Waals surface area contributed by atoms with Crippen LogP contribution in [0.25, 0.3) is 0 Å². The zero-order valence-electron chi connectivity index (χ0n) is 13.4. The van der Waals surface area contributed by atoms with Crippen molar-refractivity contribution in [2.24, 2.45) is 5.92 Å². The minimum absolute atomic E-state index is 0.199. The van der Waals surface area contributed by atoms with Gasteiger partial charge in [-0.3, -0.25) is 4.79 Å². The average Bonchev–Trinajstić information content (AvgIpc) is 3.06. The molecule has 2 aliphatic rings. The number of likely N-dealkylation sites (tertiary alicyclic amines) is 1. The Morgan fingerprint density at radius 2 is 1.87 bits per heavy atom. The normalized spacial score (nSPS) is 25.4. The molecular formula is C20H22N2O. The number of anilines is 1. The van der Waals surface area contributed by atoms with E-state index in [-0.39, 0.29) is 18.0 Å². The topological polar surface area (TPSA) is 32.3 Å². The summed E-state index contributed by atoms with van der Waals surface area (Å²) in [6.45, 7) is 2.82. The van der Waals surface area contributed by atoms with Gasteiger partial charge in [0.2, 0.25) is 5.91 Å². The lowest BCUT2D eigenvalue weighted by Crippen LogP contribution is -2.37. The van der Waals surface area contributed by atoms with Crippen molar-refractivity contribution in [1.29, 1.82) is 0 Å². The van der Waals surface area contributed by atoms with Crippen molar-refractivity contribution in [3.05, 3.63) is 65.7 Å². The third-order valence-electron chi connectivity index (χ3n) is 5.24. The van der Waals surface area contributed by atoms with Crippen LogP contribution in [0.2, 0.25) is 0 Å². The fourth-order valence-corrected chi connectivity index (χ4v) is 4.20. The number of para-hydroxylation sites is 1. The van der Waals surface area contributed by atoms with Crippen LogP contribution in [0.15, 0.2) is 54.6 Å². The Hall–Kier alpha value is -2.29. The highest BCUT2D eigenvalue weighted by Crippen LogP contribution is 2.51. The van der Waals surface area contributed by atoms with E-state index in [0.717, 1.165) is 13.0 Å². The molecule has 1 amide bonds. The van der Waals surface area contributed by atoms with E-state index in [0.29, 0.717) is 12.3 Å². The molecule has 23 heavy (non-hydrogen) atoms. The maximum atomic E-state index is 12.4. The molecule has 3 atom stereocenters. The molecule has 1 saturated heterocycles. The Balaban J connectivity index is 1.79. The molecule has 2 heterocycles. The van der Waals surface area contributed by atoms with Gasteiger partial charge in [-0.25, -0.2) is 0 Å². The van der Waals surface area contributed by atoms with Crippen LogP contribution in [0, 0.1) is 5.92 Å². The van der Waals surface area contributed by atoms with Crippen LogP contribution in [0.5, 0.6) is 0 Å². The highest BCUT2D eigenvalue weighted by molar-refractivity contribution is 5.77. The number of nitrogens with zero attached hydrogens (tertiary/aromatic N) is 1. The van der Waals surface area contributed by atoms with E-state index in [2.05, 4.69) is 64.8 Å². The Labute approximate surface area is 137 Å². The van der Waals surface area contributed by atoms with E-state index < -0.39 is 0 Å². The number of benzene rings is 2. The molecule has 0 radical (unpaired) electrons. The third kappa shape index (κ3) is 2.31. The molecule has 2 aromatic carbocycles. The second-order valence-corrected chi connectivity index (χ2v) is 6.46. The number of amides is 1. The first kappa shape index (κ1) is 14.3. The summed E-state index contributed by atoms with van der Waals surface area (Å²) in [5.41, 5.74) is 3.74. The SMILES string of the molecule is CCC(=O)N1CC[C@@H]2[C@H]1c1ccccc1N[C@H]2c1ccccc1. The minimum Gasteiger partial charge on any atom is -0.378 e. The standard InChI is InChI=1S/C20H22N2O/c1-2-18(23)22-13-12-16-19(14-8-4-3-5-9-14)21-17-11-7-6-10-15(17)20(16)22/h3-11,16,19-21H,2,12-13H2,1H3/t16-,19-,20+/m0/s1. The molecule has 3 nitrogen and oxygen atoms in total. The van der Waals surface area contributed by atoms with E-state index in [9.17, 15) is 4.79 Å². The van der Waals surface area contributed by atoms with Gasteiger partial charge in [0, 0.05) is 24.6 Å². The first-order valence-corrected chi connectivity index (χ1v) is 8.49. The summed E-state index contributed by atoms with van der Waals surface area (Å²) in [6.07, 6.45) is 1.63. The van der Waals surface area contributed by atoms with E-state index in [1.807, 2.05) is 6.92 Å². The maximum Gasteiger partial charge on any atom is 0.222 e. The molecule has 2 aromatic rings. The van der Waals surface area contributed by atoms with Crippen molar-refractivity contribution in [2.75, 3.05) is 11.9 Å². The zero-order chi connectivity index (χ0) is 15.8. The monoisotopic (exact) mass is 306 g/mol. The molecule has 0 unspecified atom stereocenters. The molecule has 0 aliphatic carbocycles. The Bertz CT molecular complexity index is 713. The number of hydrogen-bond donors (Lipinski definition) is 1. The van der Waals surface area contributed by atoms with Gasteiger partial charge in [0.05, 0.1) is 12.1 Å². The van der Waals surface area contributed by atoms with Crippen LogP contribution in [0.3, 0.4) is 0 Å². The third-order valence-corrected chi connectivity index (χ3v) is 5.24. The summed E-state index contributed by atoms with van der Waals surface area (Å²) in [7, 11) is 0. The van der Waals surface area contributed by atoms with Crippen molar-refractivity contribution in [3.8, 4) is 0 Å². The summed E-state index contributed by atoms with van der Waals surface area (Å²) in [6, 6.07) is 19.5. The van der Waals surface area contributed by atoms with Crippen LogP contribution in [0.4, 0.5) is 5.69 Å². The number of carbonyl (C=O) groups is 1. The number of carbonyl (C=O) groups excluding carboxylic acids is 1.